The Morgan fingerprint density at radius 1 is 1.59 bits per heavy atom. The van der Waals surface area contributed by atoms with Crippen molar-refractivity contribution in [1.29, 1.82) is 0 Å². The molecular weight excluding hydrogens is 218 g/mol. The molecule has 0 amide bonds. The van der Waals surface area contributed by atoms with E-state index in [0.717, 1.165) is 31.7 Å². The van der Waals surface area contributed by atoms with E-state index in [9.17, 15) is 4.79 Å². The largest absolute Gasteiger partial charge is 0.465 e. The van der Waals surface area contributed by atoms with Gasteiger partial charge in [-0.3, -0.25) is 0 Å². The Morgan fingerprint density at radius 3 is 3.00 bits per heavy atom. The van der Waals surface area contributed by atoms with E-state index < -0.39 is 0 Å². The Labute approximate surface area is 101 Å². The van der Waals surface area contributed by atoms with E-state index in [1.54, 1.807) is 12.3 Å². The number of aromatic nitrogens is 1. The van der Waals surface area contributed by atoms with E-state index in [1.807, 2.05) is 6.07 Å². The van der Waals surface area contributed by atoms with Gasteiger partial charge in [0.15, 0.2) is 0 Å². The minimum absolute atomic E-state index is 0.214. The van der Waals surface area contributed by atoms with Crippen LogP contribution < -0.4 is 10.6 Å². The molecule has 0 aliphatic carbocycles. The van der Waals surface area contributed by atoms with Crippen LogP contribution in [-0.4, -0.2) is 37.2 Å². The summed E-state index contributed by atoms with van der Waals surface area (Å²) in [5.74, 6) is 0.507. The Bertz CT molecular complexity index is 391. The first kappa shape index (κ1) is 11.9. The molecule has 0 saturated carbocycles. The Morgan fingerprint density at radius 2 is 2.41 bits per heavy atom. The van der Waals surface area contributed by atoms with Gasteiger partial charge in [-0.2, -0.15) is 0 Å². The summed E-state index contributed by atoms with van der Waals surface area (Å²) >= 11 is 0. The zero-order valence-electron chi connectivity index (χ0n) is 9.93. The van der Waals surface area contributed by atoms with Crippen molar-refractivity contribution in [2.24, 2.45) is 5.73 Å². The van der Waals surface area contributed by atoms with Crippen LogP contribution in [0.2, 0.25) is 0 Å². The second kappa shape index (κ2) is 5.14. The van der Waals surface area contributed by atoms with Crippen LogP contribution in [0.1, 0.15) is 23.2 Å². The summed E-state index contributed by atoms with van der Waals surface area (Å²) in [7, 11) is 1.36. The molecule has 1 fully saturated rings. The monoisotopic (exact) mass is 235 g/mol. The molecule has 2 heterocycles. The van der Waals surface area contributed by atoms with Gasteiger partial charge in [-0.25, -0.2) is 9.78 Å². The number of hydrogen-bond acceptors (Lipinski definition) is 5. The van der Waals surface area contributed by atoms with Crippen molar-refractivity contribution in [3.63, 3.8) is 0 Å². The molecule has 1 aromatic heterocycles. The third-order valence-corrected chi connectivity index (χ3v) is 2.95. The SMILES string of the molecule is COC(=O)c1ccc(N2CCC[C@@H](N)C2)nc1. The molecule has 2 rings (SSSR count). The van der Waals surface area contributed by atoms with Gasteiger partial charge in [0, 0.05) is 25.3 Å². The summed E-state index contributed by atoms with van der Waals surface area (Å²) < 4.78 is 4.63. The summed E-state index contributed by atoms with van der Waals surface area (Å²) in [5, 5.41) is 0. The number of methoxy groups -OCH3 is 1. The van der Waals surface area contributed by atoms with Crippen molar-refractivity contribution in [3.05, 3.63) is 23.9 Å². The number of rotatable bonds is 2. The summed E-state index contributed by atoms with van der Waals surface area (Å²) in [6, 6.07) is 3.78. The minimum Gasteiger partial charge on any atom is -0.465 e. The number of nitrogens with two attached hydrogens (primary N) is 1. The van der Waals surface area contributed by atoms with Gasteiger partial charge in [-0.1, -0.05) is 0 Å². The molecule has 0 unspecified atom stereocenters. The number of hydrogen-bond donors (Lipinski definition) is 1. The highest BCUT2D eigenvalue weighted by Gasteiger charge is 2.18. The Balaban J connectivity index is 2.09. The van der Waals surface area contributed by atoms with Crippen molar-refractivity contribution in [3.8, 4) is 0 Å². The topological polar surface area (TPSA) is 68.5 Å². The lowest BCUT2D eigenvalue weighted by molar-refractivity contribution is 0.0600. The van der Waals surface area contributed by atoms with E-state index in [0.29, 0.717) is 5.56 Å². The maximum absolute atomic E-state index is 11.3. The van der Waals surface area contributed by atoms with Crippen LogP contribution in [-0.2, 0) is 4.74 Å². The lowest BCUT2D eigenvalue weighted by Gasteiger charge is -2.31. The molecule has 92 valence electrons. The zero-order chi connectivity index (χ0) is 12.3. The first-order chi connectivity index (χ1) is 8.20. The molecule has 5 heteroatoms. The van der Waals surface area contributed by atoms with Gasteiger partial charge >= 0.3 is 5.97 Å². The predicted octanol–water partition coefficient (Wildman–Crippen LogP) is 0.796. The van der Waals surface area contributed by atoms with Gasteiger partial charge < -0.3 is 15.4 Å². The molecule has 1 aliphatic heterocycles. The van der Waals surface area contributed by atoms with Gasteiger partial charge in [0.25, 0.3) is 0 Å². The average Bonchev–Trinajstić information content (AvgIpc) is 2.38. The van der Waals surface area contributed by atoms with Crippen LogP contribution in [0.4, 0.5) is 5.82 Å². The molecule has 2 N–H and O–H groups in total. The van der Waals surface area contributed by atoms with Crippen LogP contribution >= 0.6 is 0 Å². The first-order valence-electron chi connectivity index (χ1n) is 5.75. The van der Waals surface area contributed by atoms with E-state index >= 15 is 0 Å². The number of pyridine rings is 1. The van der Waals surface area contributed by atoms with Gasteiger partial charge in [0.1, 0.15) is 5.82 Å². The number of carbonyl (C=O) groups excluding carboxylic acids is 1. The first-order valence-corrected chi connectivity index (χ1v) is 5.75. The second-order valence-electron chi connectivity index (χ2n) is 4.24. The third kappa shape index (κ3) is 2.74. The molecule has 17 heavy (non-hydrogen) atoms. The van der Waals surface area contributed by atoms with Crippen LogP contribution in [0.5, 0.6) is 0 Å². The van der Waals surface area contributed by atoms with Gasteiger partial charge in [-0.05, 0) is 25.0 Å². The number of nitrogens with zero attached hydrogens (tertiary/aromatic N) is 2. The Hall–Kier alpha value is -1.62. The maximum Gasteiger partial charge on any atom is 0.339 e. The molecule has 1 aliphatic rings. The number of ether oxygens (including phenoxy) is 1. The molecule has 1 aromatic rings. The summed E-state index contributed by atoms with van der Waals surface area (Å²) in [4.78, 5) is 17.7. The molecule has 1 atom stereocenters. The van der Waals surface area contributed by atoms with Crippen molar-refractivity contribution < 1.29 is 9.53 Å². The van der Waals surface area contributed by atoms with E-state index in [4.69, 9.17) is 5.73 Å². The fraction of sp³-hybridized carbons (Fsp3) is 0.500. The van der Waals surface area contributed by atoms with Crippen LogP contribution in [0.15, 0.2) is 18.3 Å². The summed E-state index contributed by atoms with van der Waals surface area (Å²) in [6.45, 7) is 1.79. The van der Waals surface area contributed by atoms with Crippen molar-refractivity contribution in [1.82, 2.24) is 4.98 Å². The van der Waals surface area contributed by atoms with E-state index in [2.05, 4.69) is 14.6 Å². The second-order valence-corrected chi connectivity index (χ2v) is 4.24. The van der Waals surface area contributed by atoms with Gasteiger partial charge in [0.05, 0.1) is 12.7 Å². The molecular formula is C12H17N3O2. The average molecular weight is 235 g/mol. The highest BCUT2D eigenvalue weighted by molar-refractivity contribution is 5.89. The standard InChI is InChI=1S/C12H17N3O2/c1-17-12(16)9-4-5-11(14-7-9)15-6-2-3-10(13)8-15/h4-5,7,10H,2-3,6,8,13H2,1H3/t10-/m1/s1. The molecule has 0 aromatic carbocycles. The van der Waals surface area contributed by atoms with Crippen LogP contribution in [0.25, 0.3) is 0 Å². The molecule has 0 radical (unpaired) electrons. The van der Waals surface area contributed by atoms with E-state index in [1.165, 1.54) is 7.11 Å². The fourth-order valence-corrected chi connectivity index (χ4v) is 2.03. The van der Waals surface area contributed by atoms with E-state index in [-0.39, 0.29) is 12.0 Å². The summed E-state index contributed by atoms with van der Waals surface area (Å²) in [5.41, 5.74) is 6.39. The lowest BCUT2D eigenvalue weighted by Crippen LogP contribution is -2.43. The van der Waals surface area contributed by atoms with Gasteiger partial charge in [0.2, 0.25) is 0 Å². The van der Waals surface area contributed by atoms with Crippen molar-refractivity contribution in [2.45, 2.75) is 18.9 Å². The molecule has 5 nitrogen and oxygen atoms in total. The van der Waals surface area contributed by atoms with Crippen molar-refractivity contribution >= 4 is 11.8 Å². The highest BCUT2D eigenvalue weighted by atomic mass is 16.5. The highest BCUT2D eigenvalue weighted by Crippen LogP contribution is 2.17. The number of esters is 1. The van der Waals surface area contributed by atoms with Gasteiger partial charge in [-0.15, -0.1) is 0 Å². The predicted molar refractivity (Wildman–Crippen MR) is 65.0 cm³/mol. The smallest absolute Gasteiger partial charge is 0.339 e. The molecule has 0 bridgehead atoms. The lowest BCUT2D eigenvalue weighted by atomic mass is 10.1. The minimum atomic E-state index is -0.362. The molecule has 1 saturated heterocycles. The quantitative estimate of drug-likeness (QED) is 0.768. The summed E-state index contributed by atoms with van der Waals surface area (Å²) in [6.07, 6.45) is 3.69. The zero-order valence-corrected chi connectivity index (χ0v) is 9.93. The third-order valence-electron chi connectivity index (χ3n) is 2.95. The Kier molecular flexibility index (Phi) is 3.58. The number of anilines is 1. The number of carbonyl (C=O) groups is 1. The molecule has 0 spiro atoms. The maximum atomic E-state index is 11.3. The fourth-order valence-electron chi connectivity index (χ4n) is 2.03. The van der Waals surface area contributed by atoms with Crippen LogP contribution in [0, 0.1) is 0 Å². The van der Waals surface area contributed by atoms with Crippen molar-refractivity contribution in [2.75, 3.05) is 25.1 Å². The number of piperidine rings is 1. The van der Waals surface area contributed by atoms with Crippen LogP contribution in [0.3, 0.4) is 0 Å². The normalized spacial score (nSPS) is 20.1.